The molecule has 10 nitrogen and oxygen atoms in total. The van der Waals surface area contributed by atoms with E-state index in [4.69, 9.17) is 30.5 Å². The van der Waals surface area contributed by atoms with Gasteiger partial charge in [0, 0.05) is 5.56 Å². The number of rotatable bonds is 9. The molecule has 0 saturated carbocycles. The fraction of sp³-hybridized carbons (Fsp3) is 0.250. The Hall–Kier alpha value is -4.05. The molecule has 184 valence electrons. The molecule has 0 fully saturated rings. The van der Waals surface area contributed by atoms with Crippen molar-refractivity contribution >= 4 is 29.5 Å². The number of nitrogens with zero attached hydrogens (tertiary/aromatic N) is 2. The summed E-state index contributed by atoms with van der Waals surface area (Å²) < 4.78 is 22.3. The maximum Gasteiger partial charge on any atom is 0.357 e. The topological polar surface area (TPSA) is 126 Å². The maximum atomic E-state index is 12.8. The van der Waals surface area contributed by atoms with Crippen LogP contribution in [0.1, 0.15) is 34.7 Å². The second-order valence-corrected chi connectivity index (χ2v) is 7.53. The van der Waals surface area contributed by atoms with Gasteiger partial charge in [-0.05, 0) is 38.1 Å². The third-order valence-corrected chi connectivity index (χ3v) is 5.16. The lowest BCUT2D eigenvalue weighted by molar-refractivity contribution is -0.144. The Morgan fingerprint density at radius 1 is 1.09 bits per heavy atom. The minimum atomic E-state index is -1.20. The lowest BCUT2D eigenvalue weighted by Crippen LogP contribution is -2.23. The summed E-state index contributed by atoms with van der Waals surface area (Å²) in [4.78, 5) is 36.9. The number of para-hydroxylation sites is 1. The van der Waals surface area contributed by atoms with Crippen molar-refractivity contribution < 1.29 is 38.4 Å². The minimum absolute atomic E-state index is 0.0162. The summed E-state index contributed by atoms with van der Waals surface area (Å²) in [6.45, 7) is 3.29. The van der Waals surface area contributed by atoms with E-state index in [0.29, 0.717) is 11.3 Å². The van der Waals surface area contributed by atoms with Crippen LogP contribution >= 0.6 is 11.6 Å². The fourth-order valence-corrected chi connectivity index (χ4v) is 3.52. The average molecular weight is 503 g/mol. The number of benzene rings is 2. The van der Waals surface area contributed by atoms with Crippen LogP contribution in [0.15, 0.2) is 42.5 Å². The number of methoxy groups -OCH3 is 2. The van der Waals surface area contributed by atoms with Crippen molar-refractivity contribution in [2.75, 3.05) is 20.8 Å². The first-order valence-electron chi connectivity index (χ1n) is 10.4. The van der Waals surface area contributed by atoms with Crippen LogP contribution in [0.2, 0.25) is 5.02 Å². The minimum Gasteiger partial charge on any atom is -0.490 e. The monoisotopic (exact) mass is 502 g/mol. The van der Waals surface area contributed by atoms with Gasteiger partial charge in [0.1, 0.15) is 11.3 Å². The molecule has 0 bridgehead atoms. The number of carbonyl (C=O) groups is 3. The normalized spacial score (nSPS) is 11.5. The van der Waals surface area contributed by atoms with Crippen LogP contribution in [-0.2, 0) is 14.3 Å². The first kappa shape index (κ1) is 25.6. The molecule has 0 aliphatic heterocycles. The highest BCUT2D eigenvalue weighted by Gasteiger charge is 2.32. The van der Waals surface area contributed by atoms with Crippen molar-refractivity contribution in [3.63, 3.8) is 0 Å². The number of aromatic nitrogens is 2. The molecule has 0 saturated heterocycles. The van der Waals surface area contributed by atoms with Gasteiger partial charge in [0.15, 0.2) is 23.3 Å². The molecule has 1 heterocycles. The van der Waals surface area contributed by atoms with Crippen LogP contribution in [-0.4, -0.2) is 59.7 Å². The van der Waals surface area contributed by atoms with Crippen molar-refractivity contribution in [1.29, 1.82) is 0 Å². The van der Waals surface area contributed by atoms with Crippen molar-refractivity contribution in [1.82, 2.24) is 9.78 Å². The first-order valence-corrected chi connectivity index (χ1v) is 10.8. The van der Waals surface area contributed by atoms with Crippen LogP contribution in [0.5, 0.6) is 11.5 Å². The SMILES string of the molecule is CCOc1cc(-c2nn(-c3ccccc3)c(C(=O)OC)c2C(=O)OC)cc(Cl)c1OC(C)C(=O)O. The van der Waals surface area contributed by atoms with Gasteiger partial charge in [-0.15, -0.1) is 0 Å². The van der Waals surface area contributed by atoms with Crippen LogP contribution in [0, 0.1) is 0 Å². The van der Waals surface area contributed by atoms with Gasteiger partial charge in [-0.2, -0.15) is 5.10 Å². The van der Waals surface area contributed by atoms with E-state index in [1.165, 1.54) is 38.0 Å². The molecule has 1 N–H and O–H groups in total. The second kappa shape index (κ2) is 10.9. The second-order valence-electron chi connectivity index (χ2n) is 7.12. The highest BCUT2D eigenvalue weighted by molar-refractivity contribution is 6.32. The lowest BCUT2D eigenvalue weighted by Gasteiger charge is -2.17. The number of hydrogen-bond acceptors (Lipinski definition) is 8. The molecule has 1 aromatic heterocycles. The molecule has 0 aliphatic rings. The summed E-state index contributed by atoms with van der Waals surface area (Å²) in [6, 6.07) is 11.6. The van der Waals surface area contributed by atoms with Gasteiger partial charge < -0.3 is 24.1 Å². The zero-order valence-corrected chi connectivity index (χ0v) is 20.2. The summed E-state index contributed by atoms with van der Waals surface area (Å²) in [5.74, 6) is -2.67. The maximum absolute atomic E-state index is 12.8. The molecule has 35 heavy (non-hydrogen) atoms. The summed E-state index contributed by atoms with van der Waals surface area (Å²) >= 11 is 6.45. The summed E-state index contributed by atoms with van der Waals surface area (Å²) in [7, 11) is 2.36. The van der Waals surface area contributed by atoms with Gasteiger partial charge in [-0.1, -0.05) is 29.8 Å². The number of carbonyl (C=O) groups excluding carboxylic acids is 2. The van der Waals surface area contributed by atoms with E-state index in [1.807, 2.05) is 0 Å². The Labute approximate surface area is 205 Å². The molecule has 3 rings (SSSR count). The molecule has 1 unspecified atom stereocenters. The van der Waals surface area contributed by atoms with E-state index in [2.05, 4.69) is 5.10 Å². The third-order valence-electron chi connectivity index (χ3n) is 4.88. The number of esters is 2. The lowest BCUT2D eigenvalue weighted by atomic mass is 10.0. The van der Waals surface area contributed by atoms with Gasteiger partial charge in [-0.3, -0.25) is 0 Å². The highest BCUT2D eigenvalue weighted by Crippen LogP contribution is 2.41. The highest BCUT2D eigenvalue weighted by atomic mass is 35.5. The zero-order chi connectivity index (χ0) is 25.7. The number of ether oxygens (including phenoxy) is 4. The molecule has 0 amide bonds. The predicted octanol–water partition coefficient (Wildman–Crippen LogP) is 4.02. The largest absolute Gasteiger partial charge is 0.490 e. The van der Waals surface area contributed by atoms with Gasteiger partial charge in [0.2, 0.25) is 0 Å². The van der Waals surface area contributed by atoms with Crippen LogP contribution < -0.4 is 9.47 Å². The van der Waals surface area contributed by atoms with E-state index in [0.717, 1.165) is 0 Å². The average Bonchev–Trinajstić information content (AvgIpc) is 3.26. The molecular formula is C24H23ClN2O8. The predicted molar refractivity (Wildman–Crippen MR) is 126 cm³/mol. The number of halogens is 1. The first-order chi connectivity index (χ1) is 16.7. The Balaban J connectivity index is 2.31. The Bertz CT molecular complexity index is 1260. The van der Waals surface area contributed by atoms with Crippen LogP contribution in [0.4, 0.5) is 0 Å². The van der Waals surface area contributed by atoms with E-state index >= 15 is 0 Å². The van der Waals surface area contributed by atoms with Crippen molar-refractivity contribution in [3.05, 3.63) is 58.7 Å². The van der Waals surface area contributed by atoms with E-state index in [-0.39, 0.29) is 40.1 Å². The Morgan fingerprint density at radius 2 is 1.74 bits per heavy atom. The number of hydrogen-bond donors (Lipinski definition) is 1. The number of carboxylic acids is 1. The molecular weight excluding hydrogens is 480 g/mol. The molecule has 11 heteroatoms. The van der Waals surface area contributed by atoms with Crippen molar-refractivity contribution in [2.24, 2.45) is 0 Å². The van der Waals surface area contributed by atoms with Gasteiger partial charge in [0.25, 0.3) is 0 Å². The summed E-state index contributed by atoms with van der Waals surface area (Å²) in [5.41, 5.74) is 0.579. The van der Waals surface area contributed by atoms with E-state index in [9.17, 15) is 19.5 Å². The van der Waals surface area contributed by atoms with Crippen molar-refractivity contribution in [3.8, 4) is 28.4 Å². The van der Waals surface area contributed by atoms with Crippen LogP contribution in [0.3, 0.4) is 0 Å². The fourth-order valence-electron chi connectivity index (χ4n) is 3.27. The smallest absolute Gasteiger partial charge is 0.357 e. The molecule has 1 atom stereocenters. The van der Waals surface area contributed by atoms with E-state index in [1.54, 1.807) is 37.3 Å². The third kappa shape index (κ3) is 5.22. The zero-order valence-electron chi connectivity index (χ0n) is 19.4. The van der Waals surface area contributed by atoms with Gasteiger partial charge >= 0.3 is 17.9 Å². The van der Waals surface area contributed by atoms with Crippen LogP contribution in [0.25, 0.3) is 16.9 Å². The molecule has 0 radical (unpaired) electrons. The Morgan fingerprint density at radius 3 is 2.31 bits per heavy atom. The van der Waals surface area contributed by atoms with E-state index < -0.39 is 24.0 Å². The molecule has 2 aromatic carbocycles. The number of aliphatic carboxylic acids is 1. The molecule has 3 aromatic rings. The van der Waals surface area contributed by atoms with Gasteiger partial charge in [0.05, 0.1) is 31.5 Å². The molecule has 0 spiro atoms. The Kier molecular flexibility index (Phi) is 7.98. The summed E-state index contributed by atoms with van der Waals surface area (Å²) in [5, 5.41) is 13.7. The molecule has 0 aliphatic carbocycles. The quantitative estimate of drug-likeness (QED) is 0.431. The van der Waals surface area contributed by atoms with Crippen molar-refractivity contribution in [2.45, 2.75) is 20.0 Å². The summed E-state index contributed by atoms with van der Waals surface area (Å²) in [6.07, 6.45) is -1.20. The standard InChI is InChI=1S/C24H23ClN2O8/c1-5-34-17-12-14(11-16(25)21(17)35-13(2)22(28)29)19-18(23(30)32-3)20(24(31)33-4)27(26-19)15-9-7-6-8-10-15/h6-13H,5H2,1-4H3,(H,28,29). The number of carboxylic acid groups (broad SMARTS) is 1. The van der Waals surface area contributed by atoms with Gasteiger partial charge in [-0.25, -0.2) is 19.1 Å².